The Kier molecular flexibility index (Phi) is 5.97. The van der Waals surface area contributed by atoms with Crippen LogP contribution in [-0.4, -0.2) is 25.1 Å². The van der Waals surface area contributed by atoms with Crippen molar-refractivity contribution >= 4 is 5.96 Å². The Morgan fingerprint density at radius 2 is 1.91 bits per heavy atom. The van der Waals surface area contributed by atoms with E-state index in [1.807, 2.05) is 12.1 Å². The molecule has 0 aliphatic carbocycles. The van der Waals surface area contributed by atoms with E-state index >= 15 is 0 Å². The van der Waals surface area contributed by atoms with E-state index in [1.165, 1.54) is 16.7 Å². The van der Waals surface area contributed by atoms with Gasteiger partial charge in [-0.3, -0.25) is 4.99 Å². The normalized spacial score (nSPS) is 11.2. The second kappa shape index (κ2) is 8.17. The van der Waals surface area contributed by atoms with Gasteiger partial charge >= 0.3 is 0 Å². The lowest BCUT2D eigenvalue weighted by Crippen LogP contribution is -2.36. The summed E-state index contributed by atoms with van der Waals surface area (Å²) in [5, 5.41) is 6.63. The molecular formula is C18H24N4O. The lowest BCUT2D eigenvalue weighted by molar-refractivity contribution is 0.397. The van der Waals surface area contributed by atoms with Gasteiger partial charge < -0.3 is 15.4 Å². The van der Waals surface area contributed by atoms with Crippen molar-refractivity contribution in [1.29, 1.82) is 0 Å². The fourth-order valence-corrected chi connectivity index (χ4v) is 2.30. The molecule has 1 aromatic carbocycles. The zero-order valence-corrected chi connectivity index (χ0v) is 14.2. The minimum atomic E-state index is 0.613. The molecule has 0 unspecified atom stereocenters. The molecule has 1 heterocycles. The van der Waals surface area contributed by atoms with E-state index in [-0.39, 0.29) is 0 Å². The molecule has 0 radical (unpaired) electrons. The standard InChI is InChI=1S/C18H24N4O/c1-13-5-6-16(14(2)9-13)12-22-18(19-3)21-11-15-7-8-20-17(10-15)23-4/h5-10H,11-12H2,1-4H3,(H2,19,21,22). The summed E-state index contributed by atoms with van der Waals surface area (Å²) in [6, 6.07) is 10.3. The quantitative estimate of drug-likeness (QED) is 0.658. The molecule has 2 aromatic rings. The Labute approximate surface area is 137 Å². The van der Waals surface area contributed by atoms with Gasteiger partial charge in [-0.2, -0.15) is 0 Å². The van der Waals surface area contributed by atoms with Crippen molar-refractivity contribution < 1.29 is 4.74 Å². The van der Waals surface area contributed by atoms with Crippen LogP contribution in [0.2, 0.25) is 0 Å². The van der Waals surface area contributed by atoms with Crippen molar-refractivity contribution in [3.63, 3.8) is 0 Å². The second-order valence-corrected chi connectivity index (χ2v) is 5.42. The van der Waals surface area contributed by atoms with Crippen molar-refractivity contribution in [2.24, 2.45) is 4.99 Å². The van der Waals surface area contributed by atoms with Crippen LogP contribution in [0.25, 0.3) is 0 Å². The van der Waals surface area contributed by atoms with Gasteiger partial charge in [-0.15, -0.1) is 0 Å². The number of nitrogens with one attached hydrogen (secondary N) is 2. The predicted octanol–water partition coefficient (Wildman–Crippen LogP) is 2.57. The van der Waals surface area contributed by atoms with E-state index in [0.717, 1.165) is 18.1 Å². The largest absolute Gasteiger partial charge is 0.481 e. The number of guanidine groups is 1. The zero-order chi connectivity index (χ0) is 16.7. The molecule has 5 nitrogen and oxygen atoms in total. The molecule has 2 rings (SSSR count). The Balaban J connectivity index is 1.90. The van der Waals surface area contributed by atoms with Gasteiger partial charge in [-0.05, 0) is 36.6 Å². The van der Waals surface area contributed by atoms with Crippen molar-refractivity contribution in [1.82, 2.24) is 15.6 Å². The molecule has 0 bridgehead atoms. The highest BCUT2D eigenvalue weighted by Crippen LogP contribution is 2.10. The summed E-state index contributed by atoms with van der Waals surface area (Å²) in [6.07, 6.45) is 1.74. The van der Waals surface area contributed by atoms with E-state index in [9.17, 15) is 0 Å². The van der Waals surface area contributed by atoms with Crippen molar-refractivity contribution in [3.05, 3.63) is 58.8 Å². The molecule has 0 aliphatic heterocycles. The van der Waals surface area contributed by atoms with Crippen LogP contribution in [0, 0.1) is 13.8 Å². The minimum Gasteiger partial charge on any atom is -0.481 e. The van der Waals surface area contributed by atoms with E-state index in [4.69, 9.17) is 4.74 Å². The maximum Gasteiger partial charge on any atom is 0.213 e. The number of rotatable bonds is 5. The van der Waals surface area contributed by atoms with Gasteiger partial charge in [-0.25, -0.2) is 4.98 Å². The van der Waals surface area contributed by atoms with Gasteiger partial charge in [-0.1, -0.05) is 23.8 Å². The SMILES string of the molecule is CN=C(NCc1ccnc(OC)c1)NCc1ccc(C)cc1C. The van der Waals surface area contributed by atoms with Crippen molar-refractivity contribution in [2.45, 2.75) is 26.9 Å². The molecule has 5 heteroatoms. The average Bonchev–Trinajstić information content (AvgIpc) is 2.56. The molecule has 0 atom stereocenters. The Hall–Kier alpha value is -2.56. The van der Waals surface area contributed by atoms with Crippen molar-refractivity contribution in [3.8, 4) is 5.88 Å². The van der Waals surface area contributed by atoms with Crippen LogP contribution in [0.5, 0.6) is 5.88 Å². The van der Waals surface area contributed by atoms with Gasteiger partial charge in [0.05, 0.1) is 7.11 Å². The first kappa shape index (κ1) is 16.8. The van der Waals surface area contributed by atoms with Crippen LogP contribution in [0.15, 0.2) is 41.5 Å². The van der Waals surface area contributed by atoms with Crippen LogP contribution in [0.4, 0.5) is 0 Å². The number of aliphatic imine (C=N–C) groups is 1. The number of pyridine rings is 1. The smallest absolute Gasteiger partial charge is 0.213 e. The van der Waals surface area contributed by atoms with Gasteiger partial charge in [0.2, 0.25) is 5.88 Å². The molecule has 0 spiro atoms. The highest BCUT2D eigenvalue weighted by atomic mass is 16.5. The van der Waals surface area contributed by atoms with Crippen molar-refractivity contribution in [2.75, 3.05) is 14.2 Å². The molecule has 23 heavy (non-hydrogen) atoms. The highest BCUT2D eigenvalue weighted by molar-refractivity contribution is 5.79. The van der Waals surface area contributed by atoms with E-state index in [1.54, 1.807) is 20.4 Å². The number of aromatic nitrogens is 1. The fraction of sp³-hybridized carbons (Fsp3) is 0.333. The van der Waals surface area contributed by atoms with Crippen LogP contribution in [-0.2, 0) is 13.1 Å². The molecular weight excluding hydrogens is 288 g/mol. The van der Waals surface area contributed by atoms with Gasteiger partial charge in [0.15, 0.2) is 5.96 Å². The van der Waals surface area contributed by atoms with E-state index < -0.39 is 0 Å². The second-order valence-electron chi connectivity index (χ2n) is 5.42. The molecule has 0 fully saturated rings. The summed E-state index contributed by atoms with van der Waals surface area (Å²) in [5.41, 5.74) is 4.92. The molecule has 0 saturated heterocycles. The number of methoxy groups -OCH3 is 1. The van der Waals surface area contributed by atoms with Crippen LogP contribution in [0.3, 0.4) is 0 Å². The third-order valence-corrected chi connectivity index (χ3v) is 3.64. The third kappa shape index (κ3) is 4.98. The first-order valence-corrected chi connectivity index (χ1v) is 7.62. The zero-order valence-electron chi connectivity index (χ0n) is 14.2. The molecule has 122 valence electrons. The summed E-state index contributed by atoms with van der Waals surface area (Å²) >= 11 is 0. The maximum atomic E-state index is 5.13. The number of aryl methyl sites for hydroxylation is 2. The topological polar surface area (TPSA) is 58.5 Å². The summed E-state index contributed by atoms with van der Waals surface area (Å²) < 4.78 is 5.13. The number of hydrogen-bond acceptors (Lipinski definition) is 3. The average molecular weight is 312 g/mol. The summed E-state index contributed by atoms with van der Waals surface area (Å²) in [6.45, 7) is 5.63. The van der Waals surface area contributed by atoms with Crippen LogP contribution in [0.1, 0.15) is 22.3 Å². The monoisotopic (exact) mass is 312 g/mol. The third-order valence-electron chi connectivity index (χ3n) is 3.64. The molecule has 0 amide bonds. The first-order chi connectivity index (χ1) is 11.1. The molecule has 0 aliphatic rings. The molecule has 0 saturated carbocycles. The maximum absolute atomic E-state index is 5.13. The summed E-state index contributed by atoms with van der Waals surface area (Å²) in [7, 11) is 3.38. The molecule has 2 N–H and O–H groups in total. The van der Waals surface area contributed by atoms with E-state index in [0.29, 0.717) is 12.4 Å². The Bertz CT molecular complexity index is 682. The number of hydrogen-bond donors (Lipinski definition) is 2. The van der Waals surface area contributed by atoms with Gasteiger partial charge in [0.1, 0.15) is 0 Å². The van der Waals surface area contributed by atoms with Crippen LogP contribution < -0.4 is 15.4 Å². The molecule has 1 aromatic heterocycles. The van der Waals surface area contributed by atoms with E-state index in [2.05, 4.69) is 52.7 Å². The van der Waals surface area contributed by atoms with Crippen LogP contribution >= 0.6 is 0 Å². The lowest BCUT2D eigenvalue weighted by Gasteiger charge is -2.13. The highest BCUT2D eigenvalue weighted by Gasteiger charge is 2.02. The number of nitrogens with zero attached hydrogens (tertiary/aromatic N) is 2. The number of benzene rings is 1. The Morgan fingerprint density at radius 1 is 1.13 bits per heavy atom. The van der Waals surface area contributed by atoms with Gasteiger partial charge in [0.25, 0.3) is 0 Å². The minimum absolute atomic E-state index is 0.613. The predicted molar refractivity (Wildman–Crippen MR) is 93.7 cm³/mol. The lowest BCUT2D eigenvalue weighted by atomic mass is 10.1. The summed E-state index contributed by atoms with van der Waals surface area (Å²) in [4.78, 5) is 8.36. The Morgan fingerprint density at radius 3 is 2.61 bits per heavy atom. The van der Waals surface area contributed by atoms with Gasteiger partial charge in [0, 0.05) is 32.4 Å². The first-order valence-electron chi connectivity index (χ1n) is 7.62. The number of ether oxygens (including phenoxy) is 1. The summed E-state index contributed by atoms with van der Waals surface area (Å²) in [5.74, 6) is 1.38. The fourth-order valence-electron chi connectivity index (χ4n) is 2.30.